The van der Waals surface area contributed by atoms with Crippen molar-refractivity contribution in [3.05, 3.63) is 71.0 Å². The maximum atomic E-state index is 6.04. The van der Waals surface area contributed by atoms with Gasteiger partial charge in [0.05, 0.1) is 6.04 Å². The van der Waals surface area contributed by atoms with E-state index in [-0.39, 0.29) is 6.04 Å². The molecule has 1 heterocycles. The molecule has 2 nitrogen and oxygen atoms in total. The second-order valence-corrected chi connectivity index (χ2v) is 5.52. The first kappa shape index (κ1) is 13.9. The number of hydrogen-bond acceptors (Lipinski definition) is 2. The van der Waals surface area contributed by atoms with E-state index in [0.29, 0.717) is 0 Å². The minimum atomic E-state index is 0.0988. The van der Waals surface area contributed by atoms with Crippen molar-refractivity contribution in [2.75, 3.05) is 6.54 Å². The molecule has 108 valence electrons. The zero-order chi connectivity index (χ0) is 14.8. The van der Waals surface area contributed by atoms with Gasteiger partial charge in [-0.3, -0.25) is 0 Å². The number of furan rings is 1. The van der Waals surface area contributed by atoms with Gasteiger partial charge in [-0.25, -0.2) is 0 Å². The molecular weight excluding hydrogens is 258 g/mol. The van der Waals surface area contributed by atoms with Gasteiger partial charge in [0.25, 0.3) is 0 Å². The second-order valence-electron chi connectivity index (χ2n) is 5.52. The van der Waals surface area contributed by atoms with E-state index < -0.39 is 0 Å². The van der Waals surface area contributed by atoms with Crippen molar-refractivity contribution in [3.63, 3.8) is 0 Å². The van der Waals surface area contributed by atoms with E-state index in [4.69, 9.17) is 4.42 Å². The third kappa shape index (κ3) is 2.72. The highest BCUT2D eigenvalue weighted by atomic mass is 16.3. The van der Waals surface area contributed by atoms with Gasteiger partial charge in [-0.2, -0.15) is 0 Å². The van der Waals surface area contributed by atoms with Crippen LogP contribution < -0.4 is 5.32 Å². The van der Waals surface area contributed by atoms with Crippen molar-refractivity contribution in [2.24, 2.45) is 0 Å². The van der Waals surface area contributed by atoms with Crippen LogP contribution in [0.1, 0.15) is 35.4 Å². The van der Waals surface area contributed by atoms with E-state index in [9.17, 15) is 0 Å². The van der Waals surface area contributed by atoms with Crippen LogP contribution in [0, 0.1) is 13.8 Å². The van der Waals surface area contributed by atoms with Gasteiger partial charge in [0.15, 0.2) is 0 Å². The Hall–Kier alpha value is -2.06. The van der Waals surface area contributed by atoms with Gasteiger partial charge in [-0.1, -0.05) is 43.3 Å². The van der Waals surface area contributed by atoms with E-state index in [1.807, 2.05) is 18.2 Å². The molecule has 2 aromatic carbocycles. The molecule has 0 bridgehead atoms. The summed E-state index contributed by atoms with van der Waals surface area (Å²) in [4.78, 5) is 0. The topological polar surface area (TPSA) is 25.2 Å². The number of rotatable bonds is 4. The number of para-hydroxylation sites is 1. The van der Waals surface area contributed by atoms with Crippen LogP contribution in [0.3, 0.4) is 0 Å². The Morgan fingerprint density at radius 3 is 2.52 bits per heavy atom. The fourth-order valence-corrected chi connectivity index (χ4v) is 2.68. The van der Waals surface area contributed by atoms with E-state index in [0.717, 1.165) is 23.3 Å². The van der Waals surface area contributed by atoms with Crippen LogP contribution in [0.25, 0.3) is 11.0 Å². The predicted octanol–water partition coefficient (Wildman–Crippen LogP) is 4.75. The summed E-state index contributed by atoms with van der Waals surface area (Å²) in [7, 11) is 0. The third-order valence-electron chi connectivity index (χ3n) is 4.00. The molecule has 21 heavy (non-hydrogen) atoms. The Labute approximate surface area is 125 Å². The lowest BCUT2D eigenvalue weighted by Crippen LogP contribution is -2.21. The van der Waals surface area contributed by atoms with Crippen LogP contribution in [0.2, 0.25) is 0 Å². The Bertz CT molecular complexity index is 724. The first-order valence-corrected chi connectivity index (χ1v) is 7.48. The maximum Gasteiger partial charge on any atom is 0.134 e. The quantitative estimate of drug-likeness (QED) is 0.745. The largest absolute Gasteiger partial charge is 0.459 e. The van der Waals surface area contributed by atoms with E-state index in [1.165, 1.54) is 16.7 Å². The molecule has 0 aliphatic rings. The summed E-state index contributed by atoms with van der Waals surface area (Å²) < 4.78 is 6.04. The van der Waals surface area contributed by atoms with Gasteiger partial charge in [-0.05, 0) is 49.2 Å². The van der Waals surface area contributed by atoms with Crippen LogP contribution in [0.5, 0.6) is 0 Å². The normalized spacial score (nSPS) is 12.7. The van der Waals surface area contributed by atoms with Crippen LogP contribution >= 0.6 is 0 Å². The average molecular weight is 279 g/mol. The molecule has 0 aliphatic carbocycles. The standard InChI is InChI=1S/C19H21NO/c1-4-20-19(16-10-9-13(2)14(3)11-16)18-12-15-7-5-6-8-17(15)21-18/h5-12,19-20H,4H2,1-3H3. The Balaban J connectivity index is 2.05. The Morgan fingerprint density at radius 1 is 1.00 bits per heavy atom. The van der Waals surface area contributed by atoms with Gasteiger partial charge >= 0.3 is 0 Å². The van der Waals surface area contributed by atoms with Crippen LogP contribution in [0.4, 0.5) is 0 Å². The van der Waals surface area contributed by atoms with E-state index in [1.54, 1.807) is 0 Å². The zero-order valence-electron chi connectivity index (χ0n) is 12.8. The number of fused-ring (bicyclic) bond motifs is 1. The molecule has 2 heteroatoms. The molecule has 1 N–H and O–H groups in total. The molecular formula is C19H21NO. The summed E-state index contributed by atoms with van der Waals surface area (Å²) in [5.41, 5.74) is 4.82. The van der Waals surface area contributed by atoms with Gasteiger partial charge in [0, 0.05) is 5.39 Å². The molecule has 0 spiro atoms. The van der Waals surface area contributed by atoms with Crippen LogP contribution in [-0.2, 0) is 0 Å². The zero-order valence-corrected chi connectivity index (χ0v) is 12.8. The fraction of sp³-hybridized carbons (Fsp3) is 0.263. The molecule has 0 fully saturated rings. The lowest BCUT2D eigenvalue weighted by molar-refractivity contribution is 0.477. The summed E-state index contributed by atoms with van der Waals surface area (Å²) in [6.07, 6.45) is 0. The molecule has 1 atom stereocenters. The van der Waals surface area contributed by atoms with Crippen LogP contribution in [-0.4, -0.2) is 6.54 Å². The highest BCUT2D eigenvalue weighted by Crippen LogP contribution is 2.29. The van der Waals surface area contributed by atoms with Crippen molar-refractivity contribution in [3.8, 4) is 0 Å². The number of nitrogens with one attached hydrogen (secondary N) is 1. The van der Waals surface area contributed by atoms with Gasteiger partial charge in [0.1, 0.15) is 11.3 Å². The molecule has 3 aromatic rings. The minimum Gasteiger partial charge on any atom is -0.459 e. The van der Waals surface area contributed by atoms with Crippen molar-refractivity contribution in [2.45, 2.75) is 26.8 Å². The SMILES string of the molecule is CCNC(c1ccc(C)c(C)c1)c1cc2ccccc2o1. The first-order valence-electron chi connectivity index (χ1n) is 7.48. The van der Waals surface area contributed by atoms with Gasteiger partial charge in [-0.15, -0.1) is 0 Å². The Kier molecular flexibility index (Phi) is 3.80. The van der Waals surface area contributed by atoms with E-state index >= 15 is 0 Å². The highest BCUT2D eigenvalue weighted by molar-refractivity contribution is 5.78. The van der Waals surface area contributed by atoms with Crippen molar-refractivity contribution >= 4 is 11.0 Å². The van der Waals surface area contributed by atoms with Crippen molar-refractivity contribution < 1.29 is 4.42 Å². The second kappa shape index (κ2) is 5.74. The third-order valence-corrected chi connectivity index (χ3v) is 4.00. The predicted molar refractivity (Wildman–Crippen MR) is 87.6 cm³/mol. The molecule has 0 amide bonds. The molecule has 0 saturated heterocycles. The highest BCUT2D eigenvalue weighted by Gasteiger charge is 2.18. The first-order chi connectivity index (χ1) is 10.2. The number of hydrogen-bond donors (Lipinski definition) is 1. The Morgan fingerprint density at radius 2 is 1.81 bits per heavy atom. The molecule has 3 rings (SSSR count). The minimum absolute atomic E-state index is 0.0988. The van der Waals surface area contributed by atoms with E-state index in [2.05, 4.69) is 56.4 Å². The fourth-order valence-electron chi connectivity index (χ4n) is 2.68. The molecule has 0 aliphatic heterocycles. The molecule has 0 saturated carbocycles. The summed E-state index contributed by atoms with van der Waals surface area (Å²) in [5, 5.41) is 4.68. The maximum absolute atomic E-state index is 6.04. The summed E-state index contributed by atoms with van der Waals surface area (Å²) in [5.74, 6) is 0.973. The summed E-state index contributed by atoms with van der Waals surface area (Å²) in [6.45, 7) is 7.31. The lowest BCUT2D eigenvalue weighted by atomic mass is 9.99. The van der Waals surface area contributed by atoms with Crippen LogP contribution in [0.15, 0.2) is 52.9 Å². The number of benzene rings is 2. The average Bonchev–Trinajstić information content (AvgIpc) is 2.91. The smallest absolute Gasteiger partial charge is 0.134 e. The van der Waals surface area contributed by atoms with Crippen molar-refractivity contribution in [1.82, 2.24) is 5.32 Å². The molecule has 0 radical (unpaired) electrons. The van der Waals surface area contributed by atoms with Gasteiger partial charge in [0.2, 0.25) is 0 Å². The molecule has 1 unspecified atom stereocenters. The molecule has 1 aromatic heterocycles. The number of aryl methyl sites for hydroxylation is 2. The summed E-state index contributed by atoms with van der Waals surface area (Å²) in [6, 6.07) is 17.0. The lowest BCUT2D eigenvalue weighted by Gasteiger charge is -2.17. The van der Waals surface area contributed by atoms with Crippen molar-refractivity contribution in [1.29, 1.82) is 0 Å². The monoisotopic (exact) mass is 279 g/mol. The summed E-state index contributed by atoms with van der Waals surface area (Å²) >= 11 is 0. The van der Waals surface area contributed by atoms with Gasteiger partial charge < -0.3 is 9.73 Å².